The second-order valence-electron chi connectivity index (χ2n) is 30.6. The van der Waals surface area contributed by atoms with E-state index in [1.807, 2.05) is 0 Å². The minimum absolute atomic E-state index is 0.0666. The molecular formula is C81H118N4O40S. The lowest BCUT2D eigenvalue weighted by Crippen LogP contribution is -2.75. The van der Waals surface area contributed by atoms with Crippen molar-refractivity contribution in [1.29, 1.82) is 0 Å². The third-order valence-electron chi connectivity index (χ3n) is 19.5. The molecule has 1 spiro atoms. The minimum atomic E-state index is -3.07. The van der Waals surface area contributed by atoms with Gasteiger partial charge in [0.2, 0.25) is 23.5 Å². The molecule has 44 nitrogen and oxygen atoms in total. The van der Waals surface area contributed by atoms with Gasteiger partial charge in [0.1, 0.15) is 68.7 Å². The van der Waals surface area contributed by atoms with Gasteiger partial charge in [0.25, 0.3) is 11.6 Å². The minimum Gasteiger partial charge on any atom is -0.493 e. The molecule has 1 aromatic rings. The molecular weight excluding hydrogens is 1700 g/mol. The molecule has 5 aliphatic heterocycles. The molecule has 0 saturated carbocycles. The molecule has 5 heterocycles. The zero-order chi connectivity index (χ0) is 94.9. The number of hydrogen-bond acceptors (Lipinski definition) is 42. The fourth-order valence-corrected chi connectivity index (χ4v) is 15.5. The number of esters is 13. The number of ketones is 1. The number of rotatable bonds is 39. The maximum atomic E-state index is 15.3. The number of amides is 3. The van der Waals surface area contributed by atoms with Gasteiger partial charge in [0.05, 0.1) is 78.2 Å². The van der Waals surface area contributed by atoms with Crippen LogP contribution >= 0.6 is 11.8 Å². The first kappa shape index (κ1) is 106. The van der Waals surface area contributed by atoms with E-state index in [2.05, 4.69) is 42.0 Å². The van der Waals surface area contributed by atoms with Gasteiger partial charge in [-0.3, -0.25) is 71.9 Å². The highest BCUT2D eigenvalue weighted by Gasteiger charge is 2.68. The Balaban J connectivity index is 0.00000688. The first-order valence-electron chi connectivity index (χ1n) is 40.2. The molecule has 6 rings (SSSR count). The highest BCUT2D eigenvalue weighted by Crippen LogP contribution is 2.48. The monoisotopic (exact) mass is 1820 g/mol. The van der Waals surface area contributed by atoms with Gasteiger partial charge in [-0.2, -0.15) is 0 Å². The standard InChI is InChI=1S/C77H108N4O40S.C4H10/c1-22-47(23-48-57(122-21)24-49(99-17)63(101-19)62(48)100-18)61(96)32(2)78-27-52-60(81-35(5)84)68(64(111-43(13)92)56(115-52)31-106-76(74(97)102-20)25-50(107-39(9)88)58(79-33(3)82)69(119-76)65(112-44(14)93)53(109-41(11)90)28-103-36(6)85)117-73-72(114-46(16)95)71-67(55(116-73)30-105-38(8)87)118-75(98)77(121-71)26-51(108-40(10)89)59(80-34(4)83)70(120-77)66(113-45(15)94)54(110-42(12)91)29-104-37(7)86;1-4(2)3/h24,32,47,50-56,58-60,64-73,78H,22-23,25-31H2,1-21H3,(H,79,82)(H,80,83)(H,81,84);4H,1-3H3/t32-,47?,50-,51-,52?,53-,54-,55?,56?,58?,59?,60-,64+,65-,66-,67+,68-,69?,70?,71+,72+,73?,76-,77+;/m1./s1. The molecule has 5 aliphatic rings. The zero-order valence-electron chi connectivity index (χ0n) is 75.0. The van der Waals surface area contributed by atoms with Crippen LogP contribution in [0.15, 0.2) is 11.0 Å². The smallest absolute Gasteiger partial charge is 0.367 e. The number of nitrogens with one attached hydrogen (secondary N) is 4. The Morgan fingerprint density at radius 2 is 0.984 bits per heavy atom. The number of benzene rings is 1. The lowest BCUT2D eigenvalue weighted by atomic mass is 9.86. The maximum Gasteiger partial charge on any atom is 0.367 e. The Morgan fingerprint density at radius 3 is 1.42 bits per heavy atom. The second-order valence-corrected chi connectivity index (χ2v) is 31.4. The van der Waals surface area contributed by atoms with Crippen LogP contribution in [0.25, 0.3) is 0 Å². The molecule has 5 fully saturated rings. The molecule has 1 aromatic carbocycles. The van der Waals surface area contributed by atoms with Crippen LogP contribution in [0.1, 0.15) is 156 Å². The van der Waals surface area contributed by atoms with Gasteiger partial charge >= 0.3 is 77.6 Å². The number of fused-ring (bicyclic) bond motifs is 1. The molecule has 0 aromatic heterocycles. The number of methoxy groups -OCH3 is 4. The van der Waals surface area contributed by atoms with E-state index in [0.717, 1.165) is 110 Å². The topological polar surface area (TPSA) is 551 Å². The van der Waals surface area contributed by atoms with Crippen LogP contribution in [0.5, 0.6) is 17.2 Å². The van der Waals surface area contributed by atoms with E-state index in [1.165, 1.54) is 40.0 Å². The Hall–Kier alpha value is -10.2. The van der Waals surface area contributed by atoms with E-state index in [0.29, 0.717) is 16.2 Å². The molecule has 3 amide bonds. The van der Waals surface area contributed by atoms with E-state index in [9.17, 15) is 67.1 Å². The van der Waals surface area contributed by atoms with Crippen molar-refractivity contribution in [3.05, 3.63) is 11.6 Å². The van der Waals surface area contributed by atoms with Gasteiger partial charge < -0.3 is 130 Å². The first-order valence-corrected chi connectivity index (χ1v) is 41.4. The lowest BCUT2D eigenvalue weighted by Gasteiger charge is -2.55. The normalized spacial score (nSPS) is 27.4. The van der Waals surface area contributed by atoms with Gasteiger partial charge in [-0.25, -0.2) is 9.59 Å². The summed E-state index contributed by atoms with van der Waals surface area (Å²) in [5.74, 6) is -23.1. The van der Waals surface area contributed by atoms with Crippen LogP contribution in [0.2, 0.25) is 0 Å². The van der Waals surface area contributed by atoms with Crippen molar-refractivity contribution < 1.29 is 190 Å². The summed E-state index contributed by atoms with van der Waals surface area (Å²) in [6.45, 7) is 18.7. The number of carbonyl (C=O) groups is 17. The maximum absolute atomic E-state index is 15.3. The summed E-state index contributed by atoms with van der Waals surface area (Å²) < 4.78 is 138. The van der Waals surface area contributed by atoms with E-state index in [-0.39, 0.29) is 24.3 Å². The third kappa shape index (κ3) is 29.7. The molecule has 0 bridgehead atoms. The average Bonchev–Trinajstić information content (AvgIpc) is 0.723. The fraction of sp³-hybridized carbons (Fsp3) is 0.716. The Bertz CT molecular complexity index is 4050. The van der Waals surface area contributed by atoms with Crippen molar-refractivity contribution in [2.45, 2.75) is 302 Å². The SMILES string of the molecule is CC(C)C.CCC(Cc1c(SC)cc(OC)c(OC)c1OC)C(=O)[C@@H](C)NCC1OC(CO[C@]2(C(=O)OC)C[C@@H](OC(C)=O)C(NC(C)=O)C([C@H](OC(C)=O)[C@@H](COC(C)=O)OC(C)=O)O2)[C@H](OC(C)=O)[C@H](OC2OC(COC(C)=O)[C@@H]3OC(=O)[C@]4(C[C@@H](OC(C)=O)C(NC(C)=O)C([C@H](OC(C)=O)[C@@H](COC(C)=O)OC(C)=O)O4)O[C@@H]3[C@@H]2OC(C)=O)[C@@H]1NC(C)=O. The Labute approximate surface area is 731 Å². The van der Waals surface area contributed by atoms with Gasteiger partial charge in [-0.05, 0) is 38.0 Å². The summed E-state index contributed by atoms with van der Waals surface area (Å²) in [4.78, 5) is 232. The van der Waals surface area contributed by atoms with Gasteiger partial charge in [-0.1, -0.05) is 27.7 Å². The van der Waals surface area contributed by atoms with Crippen LogP contribution in [-0.4, -0.2) is 308 Å². The number of ether oxygens (including phenoxy) is 23. The van der Waals surface area contributed by atoms with Crippen LogP contribution in [-0.2, 0) is 183 Å². The molecule has 126 heavy (non-hydrogen) atoms. The van der Waals surface area contributed by atoms with Crippen molar-refractivity contribution in [1.82, 2.24) is 21.3 Å². The highest BCUT2D eigenvalue weighted by molar-refractivity contribution is 7.98. The van der Waals surface area contributed by atoms with Crippen molar-refractivity contribution in [3.63, 3.8) is 0 Å². The predicted octanol–water partition coefficient (Wildman–Crippen LogP) is 1.22. The van der Waals surface area contributed by atoms with E-state index in [4.69, 9.17) is 109 Å². The first-order chi connectivity index (χ1) is 59.0. The molecule has 0 radical (unpaired) electrons. The van der Waals surface area contributed by atoms with Crippen LogP contribution in [0.3, 0.4) is 0 Å². The number of carbonyl (C=O) groups excluding carboxylic acids is 17. The molecule has 5 saturated heterocycles. The largest absolute Gasteiger partial charge is 0.493 e. The molecule has 708 valence electrons. The summed E-state index contributed by atoms with van der Waals surface area (Å²) in [5.41, 5.74) is 0.583. The van der Waals surface area contributed by atoms with E-state index in [1.54, 1.807) is 19.2 Å². The van der Waals surface area contributed by atoms with Crippen molar-refractivity contribution in [2.24, 2.45) is 11.8 Å². The number of thioether (sulfide) groups is 1. The van der Waals surface area contributed by atoms with Crippen LogP contribution in [0.4, 0.5) is 0 Å². The second kappa shape index (κ2) is 48.7. The highest BCUT2D eigenvalue weighted by atomic mass is 32.2. The predicted molar refractivity (Wildman–Crippen MR) is 425 cm³/mol. The fourth-order valence-electron chi connectivity index (χ4n) is 14.9. The van der Waals surface area contributed by atoms with Crippen molar-refractivity contribution in [3.8, 4) is 17.2 Å². The van der Waals surface area contributed by atoms with Gasteiger partial charge in [0.15, 0.2) is 66.3 Å². The summed E-state index contributed by atoms with van der Waals surface area (Å²) >= 11 is 1.34. The summed E-state index contributed by atoms with van der Waals surface area (Å²) in [5, 5.41) is 11.0. The van der Waals surface area contributed by atoms with E-state index < -0.39 is 293 Å². The van der Waals surface area contributed by atoms with Crippen LogP contribution < -0.4 is 35.5 Å². The summed E-state index contributed by atoms with van der Waals surface area (Å²) in [7, 11) is 5.13. The molecule has 24 atom stereocenters. The number of hydrogen-bond donors (Lipinski definition) is 4. The summed E-state index contributed by atoms with van der Waals surface area (Å²) in [6.07, 6.45) is -34.0. The van der Waals surface area contributed by atoms with E-state index >= 15 is 14.4 Å². The molecule has 9 unspecified atom stereocenters. The number of Topliss-reactive ketones (excluding diaryl/α,β-unsaturated/α-hetero) is 1. The quantitative estimate of drug-likeness (QED) is 0.0409. The van der Waals surface area contributed by atoms with Crippen molar-refractivity contribution in [2.75, 3.05) is 67.7 Å². The molecule has 4 N–H and O–H groups in total. The van der Waals surface area contributed by atoms with Gasteiger partial charge in [-0.15, -0.1) is 11.8 Å². The Kier molecular flexibility index (Phi) is 41.1. The Morgan fingerprint density at radius 1 is 0.508 bits per heavy atom. The lowest BCUT2D eigenvalue weighted by molar-refractivity contribution is -0.401. The van der Waals surface area contributed by atoms with Crippen molar-refractivity contribution >= 4 is 113 Å². The molecule has 0 aliphatic carbocycles. The van der Waals surface area contributed by atoms with Crippen LogP contribution in [0, 0.1) is 11.8 Å². The molecule has 45 heteroatoms. The van der Waals surface area contributed by atoms with Gasteiger partial charge in [0, 0.05) is 120 Å². The average molecular weight is 1820 g/mol. The zero-order valence-corrected chi connectivity index (χ0v) is 75.8. The summed E-state index contributed by atoms with van der Waals surface area (Å²) in [6, 6.07) is -4.69. The third-order valence-corrected chi connectivity index (χ3v) is 20.3.